The Morgan fingerprint density at radius 3 is 2.48 bits per heavy atom. The summed E-state index contributed by atoms with van der Waals surface area (Å²) in [4.78, 5) is 9.16. The Hall–Kier alpha value is -2.04. The van der Waals surface area contributed by atoms with Gasteiger partial charge >= 0.3 is 0 Å². The maximum atomic E-state index is 5.25. The number of hydrogen-bond donors (Lipinski definition) is 1. The van der Waals surface area contributed by atoms with Gasteiger partial charge in [0.05, 0.1) is 6.54 Å². The molecule has 9 heteroatoms. The van der Waals surface area contributed by atoms with E-state index in [9.17, 15) is 0 Å². The van der Waals surface area contributed by atoms with Gasteiger partial charge in [-0.15, -0.1) is 21.1 Å². The molecule has 0 atom stereocenters. The Bertz CT molecular complexity index is 897. The van der Waals surface area contributed by atoms with Crippen molar-refractivity contribution in [3.63, 3.8) is 0 Å². The molecule has 29 heavy (non-hydrogen) atoms. The predicted octanol–water partition coefficient (Wildman–Crippen LogP) is 4.68. The monoisotopic (exact) mass is 432 g/mol. The molecular weight excluding hydrogens is 408 g/mol. The first-order valence-corrected chi connectivity index (χ1v) is 10.6. The summed E-state index contributed by atoms with van der Waals surface area (Å²) in [5.74, 6) is 6.29. The van der Waals surface area contributed by atoms with Crippen LogP contribution in [0.3, 0.4) is 0 Å². The number of aromatic nitrogens is 3. The molecule has 0 amide bonds. The second-order valence-corrected chi connectivity index (χ2v) is 8.94. The zero-order chi connectivity index (χ0) is 20.7. The van der Waals surface area contributed by atoms with E-state index in [-0.39, 0.29) is 5.41 Å². The first-order chi connectivity index (χ1) is 13.9. The van der Waals surface area contributed by atoms with Crippen molar-refractivity contribution in [1.82, 2.24) is 14.8 Å². The molecule has 3 aromatic rings. The minimum atomic E-state index is 0.0732. The highest BCUT2D eigenvalue weighted by atomic mass is 32.2. The maximum Gasteiger partial charge on any atom is 0.260 e. The second kappa shape index (κ2) is 10.1. The summed E-state index contributed by atoms with van der Waals surface area (Å²) in [5, 5.41) is 4.22. The number of thioether (sulfide) groups is 1. The molecule has 7 nitrogen and oxygen atoms in total. The number of nitrogens with two attached hydrogens (primary N) is 1. The molecule has 0 unspecified atom stereocenters. The summed E-state index contributed by atoms with van der Waals surface area (Å²) in [7, 11) is 0. The van der Waals surface area contributed by atoms with Crippen molar-refractivity contribution in [2.75, 3.05) is 0 Å². The topological polar surface area (TPSA) is 84.4 Å². The molecule has 1 heterocycles. The SMILES string of the molecule is CC(C)(C)c1cc(CSc2ccc(OSOON)cc2)cc(Cn2cncn2)c1. The van der Waals surface area contributed by atoms with E-state index in [1.165, 1.54) is 16.7 Å². The van der Waals surface area contributed by atoms with E-state index < -0.39 is 0 Å². The Balaban J connectivity index is 1.69. The van der Waals surface area contributed by atoms with Gasteiger partial charge in [-0.25, -0.2) is 9.67 Å². The van der Waals surface area contributed by atoms with Crippen LogP contribution in [0.4, 0.5) is 0 Å². The second-order valence-electron chi connectivity index (χ2n) is 7.46. The molecule has 0 aliphatic rings. The quantitative estimate of drug-likeness (QED) is 0.172. The van der Waals surface area contributed by atoms with Crippen molar-refractivity contribution in [2.45, 2.75) is 43.4 Å². The molecule has 2 N–H and O–H groups in total. The Morgan fingerprint density at radius 2 is 1.83 bits per heavy atom. The zero-order valence-corrected chi connectivity index (χ0v) is 18.2. The van der Waals surface area contributed by atoms with Crippen molar-refractivity contribution < 1.29 is 13.5 Å². The minimum absolute atomic E-state index is 0.0732. The lowest BCUT2D eigenvalue weighted by atomic mass is 9.85. The van der Waals surface area contributed by atoms with Gasteiger partial charge in [-0.3, -0.25) is 0 Å². The van der Waals surface area contributed by atoms with Crippen LogP contribution in [-0.2, 0) is 27.0 Å². The molecule has 0 bridgehead atoms. The van der Waals surface area contributed by atoms with E-state index in [1.807, 2.05) is 28.9 Å². The van der Waals surface area contributed by atoms with Crippen molar-refractivity contribution in [2.24, 2.45) is 5.90 Å². The highest BCUT2D eigenvalue weighted by molar-refractivity contribution is 7.98. The molecule has 2 aromatic carbocycles. The highest BCUT2D eigenvalue weighted by Gasteiger charge is 2.16. The van der Waals surface area contributed by atoms with E-state index in [1.54, 1.807) is 24.4 Å². The van der Waals surface area contributed by atoms with Crippen molar-refractivity contribution in [1.29, 1.82) is 0 Å². The van der Waals surface area contributed by atoms with Gasteiger partial charge in [0.15, 0.2) is 0 Å². The predicted molar refractivity (Wildman–Crippen MR) is 115 cm³/mol. The average Bonchev–Trinajstić information content (AvgIpc) is 3.20. The fourth-order valence-corrected chi connectivity index (χ4v) is 3.78. The van der Waals surface area contributed by atoms with Crippen LogP contribution in [0.2, 0.25) is 0 Å². The molecule has 0 radical (unpaired) electrons. The third-order valence-electron chi connectivity index (χ3n) is 4.16. The highest BCUT2D eigenvalue weighted by Crippen LogP contribution is 2.30. The summed E-state index contributed by atoms with van der Waals surface area (Å²) in [6.45, 7) is 7.40. The molecule has 0 saturated heterocycles. The molecule has 0 fully saturated rings. The number of nitrogens with zero attached hydrogens (tertiary/aromatic N) is 3. The van der Waals surface area contributed by atoms with Gasteiger partial charge in [0.1, 0.15) is 18.4 Å². The summed E-state index contributed by atoms with van der Waals surface area (Å²) < 4.78 is 11.5. The maximum absolute atomic E-state index is 5.25. The lowest BCUT2D eigenvalue weighted by Gasteiger charge is -2.21. The van der Waals surface area contributed by atoms with Crippen molar-refractivity contribution >= 4 is 24.1 Å². The number of hydrogen-bond acceptors (Lipinski definition) is 8. The van der Waals surface area contributed by atoms with Gasteiger partial charge in [-0.1, -0.05) is 39.0 Å². The van der Waals surface area contributed by atoms with Crippen molar-refractivity contribution in [3.8, 4) is 5.75 Å². The van der Waals surface area contributed by atoms with Crippen molar-refractivity contribution in [3.05, 3.63) is 71.8 Å². The van der Waals surface area contributed by atoms with Gasteiger partial charge in [0.2, 0.25) is 0 Å². The molecular formula is C20H24N4O3S2. The summed E-state index contributed by atoms with van der Waals surface area (Å²) in [5.41, 5.74) is 3.89. The first-order valence-electron chi connectivity index (χ1n) is 8.99. The average molecular weight is 433 g/mol. The molecule has 154 valence electrons. The summed E-state index contributed by atoms with van der Waals surface area (Å²) in [6.07, 6.45) is 3.30. The van der Waals surface area contributed by atoms with E-state index in [0.717, 1.165) is 10.6 Å². The summed E-state index contributed by atoms with van der Waals surface area (Å²) >= 11 is 2.44. The van der Waals surface area contributed by atoms with E-state index in [0.29, 0.717) is 24.6 Å². The van der Waals surface area contributed by atoms with Gasteiger partial charge in [-0.2, -0.15) is 11.0 Å². The van der Waals surface area contributed by atoms with E-state index in [4.69, 9.17) is 10.1 Å². The normalized spacial score (nSPS) is 11.6. The van der Waals surface area contributed by atoms with E-state index in [2.05, 4.69) is 58.4 Å². The Kier molecular flexibility index (Phi) is 7.57. The number of rotatable bonds is 9. The third-order valence-corrected chi connectivity index (χ3v) is 5.63. The van der Waals surface area contributed by atoms with Crippen LogP contribution < -0.4 is 10.1 Å². The van der Waals surface area contributed by atoms with Crippen LogP contribution in [0.5, 0.6) is 5.75 Å². The van der Waals surface area contributed by atoms with Crippen LogP contribution in [0.25, 0.3) is 0 Å². The van der Waals surface area contributed by atoms with Crippen LogP contribution in [0.15, 0.2) is 60.0 Å². The van der Waals surface area contributed by atoms with Crippen LogP contribution in [-0.4, -0.2) is 14.8 Å². The zero-order valence-electron chi connectivity index (χ0n) is 16.6. The smallest absolute Gasteiger partial charge is 0.260 e. The largest absolute Gasteiger partial charge is 0.399 e. The van der Waals surface area contributed by atoms with Gasteiger partial charge in [-0.05, 0) is 46.4 Å². The standard InChI is InChI=1S/C20H24N4O3S2/c1-20(2,3)17-9-15(11-24-14-22-13-23-24)8-16(10-17)12-28-19-6-4-18(5-7-19)25-29-27-26-21/h4-10,13-14H,11-12,21H2,1-3H3. The van der Waals surface area contributed by atoms with Crippen LogP contribution >= 0.6 is 24.1 Å². The van der Waals surface area contributed by atoms with Gasteiger partial charge < -0.3 is 4.18 Å². The van der Waals surface area contributed by atoms with Crippen LogP contribution in [0, 0.1) is 0 Å². The lowest BCUT2D eigenvalue weighted by Crippen LogP contribution is -2.13. The number of benzene rings is 2. The minimum Gasteiger partial charge on any atom is -0.399 e. The summed E-state index contributed by atoms with van der Waals surface area (Å²) in [6, 6.07) is 14.5. The fraction of sp³-hybridized carbons (Fsp3) is 0.300. The lowest BCUT2D eigenvalue weighted by molar-refractivity contribution is -0.199. The first kappa shape index (κ1) is 21.7. The molecule has 1 aromatic heterocycles. The Morgan fingerprint density at radius 1 is 1.07 bits per heavy atom. The van der Waals surface area contributed by atoms with E-state index >= 15 is 0 Å². The molecule has 0 aliphatic carbocycles. The molecule has 0 aliphatic heterocycles. The van der Waals surface area contributed by atoms with Gasteiger partial charge in [0, 0.05) is 10.6 Å². The fourth-order valence-electron chi connectivity index (χ4n) is 2.70. The molecule has 3 rings (SSSR count). The molecule has 0 saturated carbocycles. The van der Waals surface area contributed by atoms with Gasteiger partial charge in [0.25, 0.3) is 12.3 Å². The van der Waals surface area contributed by atoms with Crippen LogP contribution in [0.1, 0.15) is 37.5 Å². The molecule has 0 spiro atoms. The Labute approximate surface area is 179 Å². The third kappa shape index (κ3) is 6.76.